The van der Waals surface area contributed by atoms with E-state index in [1.807, 2.05) is 24.3 Å². The Morgan fingerprint density at radius 3 is 2.67 bits per heavy atom. The van der Waals surface area contributed by atoms with Gasteiger partial charge in [-0.1, -0.05) is 59.9 Å². The Morgan fingerprint density at radius 1 is 1.17 bits per heavy atom. The van der Waals surface area contributed by atoms with Gasteiger partial charge in [-0.25, -0.2) is 4.98 Å². The van der Waals surface area contributed by atoms with E-state index >= 15 is 0 Å². The molecule has 0 aliphatic rings. The number of nitrogens with one attached hydrogen (secondary N) is 1. The molecule has 2 heterocycles. The predicted molar refractivity (Wildman–Crippen MR) is 77.3 cm³/mol. The zero-order valence-electron chi connectivity index (χ0n) is 8.68. The summed E-state index contributed by atoms with van der Waals surface area (Å²) in [6, 6.07) is 7.73. The first-order chi connectivity index (χ1) is 8.55. The first-order valence-corrected chi connectivity index (χ1v) is 7.24. The third-order valence-corrected chi connectivity index (χ3v) is 3.36. The number of imidazole rings is 1. The lowest BCUT2D eigenvalue weighted by atomic mass is 10.3. The highest BCUT2D eigenvalue weighted by Gasteiger charge is 2.30. The smallest absolute Gasteiger partial charge is 0.232 e. The van der Waals surface area contributed by atoms with Crippen molar-refractivity contribution in [1.29, 1.82) is 0 Å². The Kier molecular flexibility index (Phi) is 2.99. The summed E-state index contributed by atoms with van der Waals surface area (Å²) in [6.07, 6.45) is 0. The van der Waals surface area contributed by atoms with Gasteiger partial charge in [-0.05, 0) is 22.6 Å². The van der Waals surface area contributed by atoms with Crippen molar-refractivity contribution in [2.24, 2.45) is 0 Å². The van der Waals surface area contributed by atoms with Crippen LogP contribution in [0.25, 0.3) is 17.0 Å². The quantitative estimate of drug-likeness (QED) is 0.595. The van der Waals surface area contributed by atoms with Gasteiger partial charge in [0, 0.05) is 0 Å². The van der Waals surface area contributed by atoms with Crippen LogP contribution in [-0.4, -0.2) is 30.2 Å². The fourth-order valence-electron chi connectivity index (χ4n) is 1.55. The third-order valence-electron chi connectivity index (χ3n) is 2.30. The second kappa shape index (κ2) is 4.39. The number of nitrogens with zero attached hydrogens (tertiary/aromatic N) is 5. The van der Waals surface area contributed by atoms with E-state index in [2.05, 4.69) is 73.3 Å². The molecule has 0 unspecified atom stereocenters. The fraction of sp³-hybridized carbons (Fsp3) is 0.111. The molecule has 0 amide bonds. The van der Waals surface area contributed by atoms with Gasteiger partial charge in [-0.3, -0.25) is 0 Å². The molecule has 0 fully saturated rings. The molecule has 3 rings (SSSR count). The molecule has 0 aliphatic heterocycles. The van der Waals surface area contributed by atoms with Crippen LogP contribution < -0.4 is 0 Å². The minimum absolute atomic E-state index is 0.529. The van der Waals surface area contributed by atoms with Gasteiger partial charge in [-0.2, -0.15) is 4.68 Å². The molecule has 0 aliphatic carbocycles. The zero-order valence-corrected chi connectivity index (χ0v) is 13.4. The molecule has 2 aromatic heterocycles. The standard InChI is InChI=1S/C9H5Br3N6/c10-9(11,12)7-15-16-17-18(7)8-13-5-3-1-2-4-6(5)14-8/h1-4H,(H,13,14). The highest BCUT2D eigenvalue weighted by Crippen LogP contribution is 2.43. The highest BCUT2D eigenvalue weighted by molar-refractivity contribution is 9.38. The summed E-state index contributed by atoms with van der Waals surface area (Å²) in [5, 5.41) is 11.5. The lowest BCUT2D eigenvalue weighted by Crippen LogP contribution is -2.11. The van der Waals surface area contributed by atoms with Gasteiger partial charge in [-0.15, -0.1) is 5.10 Å². The van der Waals surface area contributed by atoms with Crippen LogP contribution in [0, 0.1) is 0 Å². The van der Waals surface area contributed by atoms with Crippen LogP contribution in [-0.2, 0) is 2.14 Å². The van der Waals surface area contributed by atoms with E-state index in [1.54, 1.807) is 0 Å². The summed E-state index contributed by atoms with van der Waals surface area (Å²) in [4.78, 5) is 7.59. The number of rotatable bonds is 1. The number of halogens is 3. The van der Waals surface area contributed by atoms with Gasteiger partial charge in [0.25, 0.3) is 0 Å². The maximum Gasteiger partial charge on any atom is 0.232 e. The molecule has 0 bridgehead atoms. The monoisotopic (exact) mass is 434 g/mol. The Balaban J connectivity index is 2.18. The van der Waals surface area contributed by atoms with Gasteiger partial charge in [0.1, 0.15) is 0 Å². The summed E-state index contributed by atoms with van der Waals surface area (Å²) in [5.74, 6) is 1.08. The average Bonchev–Trinajstić information content (AvgIpc) is 2.94. The van der Waals surface area contributed by atoms with Crippen LogP contribution in [0.4, 0.5) is 0 Å². The van der Waals surface area contributed by atoms with Gasteiger partial charge >= 0.3 is 0 Å². The number of hydrogen-bond acceptors (Lipinski definition) is 4. The second-order valence-corrected chi connectivity index (χ2v) is 10.3. The number of fused-ring (bicyclic) bond motifs is 1. The van der Waals surface area contributed by atoms with E-state index in [0.29, 0.717) is 11.8 Å². The van der Waals surface area contributed by atoms with Crippen molar-refractivity contribution in [3.63, 3.8) is 0 Å². The van der Waals surface area contributed by atoms with Crippen molar-refractivity contribution < 1.29 is 0 Å². The molecule has 0 radical (unpaired) electrons. The largest absolute Gasteiger partial charge is 0.322 e. The Hall–Kier alpha value is -0.800. The normalized spacial score (nSPS) is 12.2. The molecule has 6 nitrogen and oxygen atoms in total. The maximum absolute atomic E-state index is 4.43. The van der Waals surface area contributed by atoms with Crippen molar-refractivity contribution in [3.8, 4) is 5.95 Å². The summed E-state index contributed by atoms with van der Waals surface area (Å²) in [7, 11) is 0. The second-order valence-electron chi connectivity index (χ2n) is 3.49. The summed E-state index contributed by atoms with van der Waals surface area (Å²) in [6.45, 7) is 0. The van der Waals surface area contributed by atoms with Crippen molar-refractivity contribution in [1.82, 2.24) is 30.2 Å². The van der Waals surface area contributed by atoms with Gasteiger partial charge in [0.05, 0.1) is 11.0 Å². The van der Waals surface area contributed by atoms with E-state index < -0.39 is 2.14 Å². The van der Waals surface area contributed by atoms with E-state index in [1.165, 1.54) is 4.68 Å². The molecule has 0 spiro atoms. The SMILES string of the molecule is BrC(Br)(Br)c1nnnn1-c1nc2ccccc2[nH]1. The van der Waals surface area contributed by atoms with Crippen LogP contribution in [0.3, 0.4) is 0 Å². The number of benzene rings is 1. The van der Waals surface area contributed by atoms with Crippen LogP contribution in [0.5, 0.6) is 0 Å². The Bertz CT molecular complexity index is 664. The molecule has 0 atom stereocenters. The minimum Gasteiger partial charge on any atom is -0.322 e. The van der Waals surface area contributed by atoms with Crippen LogP contribution in [0.1, 0.15) is 5.82 Å². The van der Waals surface area contributed by atoms with Crippen LogP contribution >= 0.6 is 47.8 Å². The number of alkyl halides is 3. The predicted octanol–water partition coefficient (Wildman–Crippen LogP) is 2.83. The molecular formula is C9H5Br3N6. The van der Waals surface area contributed by atoms with Crippen LogP contribution in [0.15, 0.2) is 24.3 Å². The van der Waals surface area contributed by atoms with Crippen molar-refractivity contribution in [3.05, 3.63) is 30.1 Å². The molecule has 18 heavy (non-hydrogen) atoms. The number of aromatic amines is 1. The Labute approximate surface area is 127 Å². The first-order valence-electron chi connectivity index (χ1n) is 4.86. The van der Waals surface area contributed by atoms with E-state index in [4.69, 9.17) is 0 Å². The number of tetrazole rings is 1. The Morgan fingerprint density at radius 2 is 1.94 bits per heavy atom. The molecule has 3 aromatic rings. The average molecular weight is 437 g/mol. The number of hydrogen-bond donors (Lipinski definition) is 1. The summed E-state index contributed by atoms with van der Waals surface area (Å²) >= 11 is 10.2. The topological polar surface area (TPSA) is 72.3 Å². The highest BCUT2D eigenvalue weighted by atomic mass is 80.0. The number of para-hydroxylation sites is 2. The molecule has 0 saturated carbocycles. The number of H-pyrrole nitrogens is 1. The lowest BCUT2D eigenvalue weighted by Gasteiger charge is -2.09. The van der Waals surface area contributed by atoms with E-state index in [-0.39, 0.29) is 0 Å². The maximum atomic E-state index is 4.43. The lowest BCUT2D eigenvalue weighted by molar-refractivity contribution is 0.744. The van der Waals surface area contributed by atoms with E-state index in [9.17, 15) is 0 Å². The molecule has 1 N–H and O–H groups in total. The first kappa shape index (κ1) is 12.2. The molecule has 9 heteroatoms. The molecule has 0 saturated heterocycles. The zero-order chi connectivity index (χ0) is 12.8. The van der Waals surface area contributed by atoms with Crippen LogP contribution in [0.2, 0.25) is 0 Å². The third kappa shape index (κ3) is 2.10. The summed E-state index contributed by atoms with van der Waals surface area (Å²) in [5.41, 5.74) is 1.79. The number of aromatic nitrogens is 6. The van der Waals surface area contributed by atoms with Gasteiger partial charge in [0.2, 0.25) is 5.95 Å². The molecule has 92 valence electrons. The molecule has 1 aromatic carbocycles. The molecular weight excluding hydrogens is 432 g/mol. The minimum atomic E-state index is -0.699. The van der Waals surface area contributed by atoms with Crippen molar-refractivity contribution in [2.45, 2.75) is 2.14 Å². The van der Waals surface area contributed by atoms with Crippen molar-refractivity contribution >= 4 is 58.8 Å². The van der Waals surface area contributed by atoms with Gasteiger partial charge < -0.3 is 4.98 Å². The summed E-state index contributed by atoms with van der Waals surface area (Å²) < 4.78 is 0.813. The van der Waals surface area contributed by atoms with Gasteiger partial charge in [0.15, 0.2) is 7.97 Å². The van der Waals surface area contributed by atoms with Crippen molar-refractivity contribution in [2.75, 3.05) is 0 Å². The fourth-order valence-corrected chi connectivity index (χ4v) is 2.29. The van der Waals surface area contributed by atoms with E-state index in [0.717, 1.165) is 11.0 Å².